The zero-order chi connectivity index (χ0) is 12.1. The predicted octanol–water partition coefficient (Wildman–Crippen LogP) is 2.67. The average Bonchev–Trinajstić information content (AvgIpc) is 2.83. The molecule has 0 aliphatic rings. The highest BCUT2D eigenvalue weighted by Crippen LogP contribution is 2.14. The zero-order valence-electron chi connectivity index (χ0n) is 9.17. The molecule has 2 aromatic rings. The Balaban J connectivity index is 1.92. The van der Waals surface area contributed by atoms with E-state index in [1.165, 1.54) is 11.3 Å². The normalized spacial score (nSPS) is 12.2. The van der Waals surface area contributed by atoms with Crippen molar-refractivity contribution < 1.29 is 9.00 Å². The minimum atomic E-state index is -1.19. The minimum absolute atomic E-state index is 0.0166. The number of carbonyl (C=O) groups excluding carboxylic acids is 1. The largest absolute Gasteiger partial charge is 0.298 e. The number of hydrogen-bond acceptors (Lipinski definition) is 3. The second-order valence-corrected chi connectivity index (χ2v) is 6.25. The molecule has 88 valence electrons. The summed E-state index contributed by atoms with van der Waals surface area (Å²) < 4.78 is 12.6. The third kappa shape index (κ3) is 3.61. The minimum Gasteiger partial charge on any atom is -0.298 e. The monoisotopic (exact) mass is 264 g/mol. The van der Waals surface area contributed by atoms with Crippen molar-refractivity contribution in [2.75, 3.05) is 5.75 Å². The van der Waals surface area contributed by atoms with Gasteiger partial charge in [-0.25, -0.2) is 0 Å². The Labute approximate surface area is 107 Å². The van der Waals surface area contributed by atoms with Gasteiger partial charge in [0.15, 0.2) is 0 Å². The molecule has 2 rings (SSSR count). The van der Waals surface area contributed by atoms with Crippen LogP contribution in [-0.2, 0) is 22.0 Å². The van der Waals surface area contributed by atoms with E-state index in [2.05, 4.69) is 0 Å². The quantitative estimate of drug-likeness (QED) is 0.832. The topological polar surface area (TPSA) is 34.1 Å². The Morgan fingerprint density at radius 3 is 2.53 bits per heavy atom. The highest BCUT2D eigenvalue weighted by atomic mass is 32.2. The Kier molecular flexibility index (Phi) is 4.23. The average molecular weight is 264 g/mol. The number of hydrogen-bond donors (Lipinski definition) is 0. The molecule has 0 N–H and O–H groups in total. The number of carbonyl (C=O) groups is 1. The van der Waals surface area contributed by atoms with Crippen LogP contribution in [0.25, 0.3) is 0 Å². The maximum absolute atomic E-state index is 11.8. The zero-order valence-corrected chi connectivity index (χ0v) is 10.8. The molecule has 0 saturated heterocycles. The van der Waals surface area contributed by atoms with Crippen molar-refractivity contribution in [1.82, 2.24) is 0 Å². The Hall–Kier alpha value is -1.26. The van der Waals surface area contributed by atoms with Crippen LogP contribution in [0.5, 0.6) is 0 Å². The van der Waals surface area contributed by atoms with Crippen molar-refractivity contribution in [3.63, 3.8) is 0 Å². The summed E-state index contributed by atoms with van der Waals surface area (Å²) in [5.41, 5.74) is 0.973. The van der Waals surface area contributed by atoms with Crippen LogP contribution in [0, 0.1) is 0 Å². The van der Waals surface area contributed by atoms with Gasteiger partial charge in [0.25, 0.3) is 0 Å². The molecule has 1 aromatic carbocycles. The van der Waals surface area contributed by atoms with Gasteiger partial charge in [-0.3, -0.25) is 9.00 Å². The molecule has 1 heterocycles. The lowest BCUT2D eigenvalue weighted by Crippen LogP contribution is -2.12. The molecule has 17 heavy (non-hydrogen) atoms. The number of benzene rings is 1. The van der Waals surface area contributed by atoms with Crippen LogP contribution >= 0.6 is 11.3 Å². The number of rotatable bonds is 5. The van der Waals surface area contributed by atoms with E-state index in [1.807, 2.05) is 41.8 Å². The third-order valence-electron chi connectivity index (χ3n) is 2.26. The van der Waals surface area contributed by atoms with Crippen LogP contribution in [0.4, 0.5) is 0 Å². The molecule has 1 unspecified atom stereocenters. The van der Waals surface area contributed by atoms with Crippen molar-refractivity contribution in [2.24, 2.45) is 0 Å². The number of thiophene rings is 1. The van der Waals surface area contributed by atoms with Gasteiger partial charge in [-0.1, -0.05) is 36.4 Å². The SMILES string of the molecule is O=C(Cc1ccccc1)CS(=O)c1cccs1. The van der Waals surface area contributed by atoms with E-state index >= 15 is 0 Å². The lowest BCUT2D eigenvalue weighted by Gasteiger charge is -2.00. The maximum Gasteiger partial charge on any atom is 0.150 e. The van der Waals surface area contributed by atoms with Crippen LogP contribution in [-0.4, -0.2) is 15.7 Å². The second kappa shape index (κ2) is 5.89. The Morgan fingerprint density at radius 2 is 1.88 bits per heavy atom. The molecular weight excluding hydrogens is 252 g/mol. The first-order valence-electron chi connectivity index (χ1n) is 5.23. The lowest BCUT2D eigenvalue weighted by molar-refractivity contribution is -0.116. The van der Waals surface area contributed by atoms with Gasteiger partial charge in [-0.15, -0.1) is 11.3 Å². The summed E-state index contributed by atoms with van der Waals surface area (Å²) in [5, 5.41) is 1.87. The van der Waals surface area contributed by atoms with E-state index in [1.54, 1.807) is 6.07 Å². The third-order valence-corrected chi connectivity index (χ3v) is 4.93. The smallest absolute Gasteiger partial charge is 0.150 e. The van der Waals surface area contributed by atoms with Crippen LogP contribution in [0.3, 0.4) is 0 Å². The number of Topliss-reactive ketones (excluding diaryl/α,β-unsaturated/α-hetero) is 1. The summed E-state index contributed by atoms with van der Waals surface area (Å²) in [7, 11) is -1.19. The molecule has 0 amide bonds. The number of ketones is 1. The van der Waals surface area contributed by atoms with Crippen LogP contribution in [0.2, 0.25) is 0 Å². The molecule has 0 bridgehead atoms. The van der Waals surface area contributed by atoms with Gasteiger partial charge in [0.05, 0.1) is 20.8 Å². The van der Waals surface area contributed by atoms with Gasteiger partial charge in [0, 0.05) is 6.42 Å². The summed E-state index contributed by atoms with van der Waals surface area (Å²) in [5.74, 6) is 0.123. The van der Waals surface area contributed by atoms with Crippen molar-refractivity contribution in [3.8, 4) is 0 Å². The Bertz CT molecular complexity index is 503. The Morgan fingerprint density at radius 1 is 1.12 bits per heavy atom. The van der Waals surface area contributed by atoms with E-state index in [0.717, 1.165) is 9.77 Å². The molecule has 2 nitrogen and oxygen atoms in total. The molecule has 0 aliphatic carbocycles. The van der Waals surface area contributed by atoms with E-state index in [4.69, 9.17) is 0 Å². The predicted molar refractivity (Wildman–Crippen MR) is 70.7 cm³/mol. The van der Waals surface area contributed by atoms with Gasteiger partial charge >= 0.3 is 0 Å². The molecular formula is C13H12O2S2. The lowest BCUT2D eigenvalue weighted by atomic mass is 10.1. The van der Waals surface area contributed by atoms with Crippen molar-refractivity contribution in [2.45, 2.75) is 10.6 Å². The van der Waals surface area contributed by atoms with E-state index in [0.29, 0.717) is 6.42 Å². The van der Waals surface area contributed by atoms with Crippen molar-refractivity contribution in [3.05, 3.63) is 53.4 Å². The highest BCUT2D eigenvalue weighted by Gasteiger charge is 2.11. The van der Waals surface area contributed by atoms with Gasteiger partial charge in [0.2, 0.25) is 0 Å². The van der Waals surface area contributed by atoms with Crippen LogP contribution in [0.1, 0.15) is 5.56 Å². The summed E-state index contributed by atoms with van der Waals surface area (Å²) in [6, 6.07) is 13.2. The fourth-order valence-corrected chi connectivity index (χ4v) is 3.47. The summed E-state index contributed by atoms with van der Waals surface area (Å²) in [6.45, 7) is 0. The van der Waals surface area contributed by atoms with E-state index in [9.17, 15) is 9.00 Å². The molecule has 0 fully saturated rings. The summed E-state index contributed by atoms with van der Waals surface area (Å²) in [6.07, 6.45) is 0.359. The molecule has 1 atom stereocenters. The van der Waals surface area contributed by atoms with Crippen LogP contribution < -0.4 is 0 Å². The molecule has 1 aromatic heterocycles. The molecule has 0 saturated carbocycles. The van der Waals surface area contributed by atoms with Gasteiger partial charge < -0.3 is 0 Å². The van der Waals surface area contributed by atoms with Gasteiger partial charge in [-0.2, -0.15) is 0 Å². The first kappa shape index (κ1) is 12.2. The summed E-state index contributed by atoms with van der Waals surface area (Å²) >= 11 is 1.43. The van der Waals surface area contributed by atoms with Crippen molar-refractivity contribution in [1.29, 1.82) is 0 Å². The van der Waals surface area contributed by atoms with Crippen LogP contribution in [0.15, 0.2) is 52.1 Å². The highest BCUT2D eigenvalue weighted by molar-refractivity contribution is 7.88. The maximum atomic E-state index is 11.8. The van der Waals surface area contributed by atoms with Crippen molar-refractivity contribution >= 4 is 27.9 Å². The second-order valence-electron chi connectivity index (χ2n) is 3.62. The first-order chi connectivity index (χ1) is 8.25. The molecule has 0 spiro atoms. The van der Waals surface area contributed by atoms with Gasteiger partial charge in [-0.05, 0) is 17.0 Å². The van der Waals surface area contributed by atoms with E-state index in [-0.39, 0.29) is 11.5 Å². The van der Waals surface area contributed by atoms with Gasteiger partial charge in [0.1, 0.15) is 5.78 Å². The fourth-order valence-electron chi connectivity index (χ4n) is 1.48. The molecule has 4 heteroatoms. The summed E-state index contributed by atoms with van der Waals surface area (Å²) in [4.78, 5) is 11.7. The fraction of sp³-hybridized carbons (Fsp3) is 0.154. The molecule has 0 aliphatic heterocycles. The standard InChI is InChI=1S/C13H12O2S2/c14-12(9-11-5-2-1-3-6-11)10-17(15)13-7-4-8-16-13/h1-8H,9-10H2. The first-order valence-corrected chi connectivity index (χ1v) is 7.43. The molecule has 0 radical (unpaired) electrons. The van der Waals surface area contributed by atoms with E-state index < -0.39 is 10.8 Å².